The van der Waals surface area contributed by atoms with Crippen molar-refractivity contribution in [2.75, 3.05) is 13.7 Å². The minimum absolute atomic E-state index is 0.0805. The van der Waals surface area contributed by atoms with E-state index in [0.29, 0.717) is 10.8 Å². The minimum Gasteiger partial charge on any atom is -0.497 e. The van der Waals surface area contributed by atoms with Crippen LogP contribution in [0.5, 0.6) is 5.75 Å². The van der Waals surface area contributed by atoms with Crippen molar-refractivity contribution in [1.82, 2.24) is 4.31 Å². The van der Waals surface area contributed by atoms with Gasteiger partial charge in [0.2, 0.25) is 0 Å². The number of benzene rings is 1. The van der Waals surface area contributed by atoms with E-state index >= 15 is 0 Å². The van der Waals surface area contributed by atoms with Gasteiger partial charge < -0.3 is 4.74 Å². The van der Waals surface area contributed by atoms with Crippen LogP contribution in [0.25, 0.3) is 0 Å². The van der Waals surface area contributed by atoms with Gasteiger partial charge in [-0.15, -0.1) is 11.3 Å². The molecule has 0 unspecified atom stereocenters. The Kier molecular flexibility index (Phi) is 4.01. The van der Waals surface area contributed by atoms with Crippen molar-refractivity contribution < 1.29 is 13.2 Å². The number of hydrogen-bond donors (Lipinski definition) is 0. The standard InChI is InChI=1S/C15H17NO3S2/c1-19-13-8-6-12(7-9-13)14-4-2-10-16(14)21(17,18)15-5-3-11-20-15/h3,5-9,11,14H,2,4,10H2,1H3/t14-/m1/s1. The van der Waals surface area contributed by atoms with Gasteiger partial charge in [0.05, 0.1) is 13.2 Å². The van der Waals surface area contributed by atoms with Gasteiger partial charge in [-0.2, -0.15) is 4.31 Å². The molecule has 0 bridgehead atoms. The van der Waals surface area contributed by atoms with Gasteiger partial charge in [-0.3, -0.25) is 0 Å². The molecule has 0 spiro atoms. The molecule has 2 heterocycles. The highest BCUT2D eigenvalue weighted by molar-refractivity contribution is 7.91. The molecule has 0 radical (unpaired) electrons. The van der Waals surface area contributed by atoms with E-state index < -0.39 is 10.0 Å². The zero-order chi connectivity index (χ0) is 14.9. The van der Waals surface area contributed by atoms with Gasteiger partial charge in [-0.05, 0) is 42.0 Å². The van der Waals surface area contributed by atoms with Gasteiger partial charge in [-0.1, -0.05) is 18.2 Å². The van der Waals surface area contributed by atoms with E-state index in [1.54, 1.807) is 28.9 Å². The molecule has 0 N–H and O–H groups in total. The summed E-state index contributed by atoms with van der Waals surface area (Å²) in [4.78, 5) is 0. The van der Waals surface area contributed by atoms with Crippen LogP contribution in [-0.4, -0.2) is 26.4 Å². The van der Waals surface area contributed by atoms with Crippen LogP contribution in [0, 0.1) is 0 Å². The van der Waals surface area contributed by atoms with E-state index in [1.165, 1.54) is 11.3 Å². The van der Waals surface area contributed by atoms with Crippen LogP contribution in [0.3, 0.4) is 0 Å². The molecule has 4 nitrogen and oxygen atoms in total. The van der Waals surface area contributed by atoms with Crippen molar-refractivity contribution in [2.45, 2.75) is 23.1 Å². The highest BCUT2D eigenvalue weighted by Gasteiger charge is 2.36. The summed E-state index contributed by atoms with van der Waals surface area (Å²) in [6.07, 6.45) is 1.75. The molecular weight excluding hydrogens is 306 g/mol. The third-order valence-electron chi connectivity index (χ3n) is 3.76. The van der Waals surface area contributed by atoms with Gasteiger partial charge in [-0.25, -0.2) is 8.42 Å². The van der Waals surface area contributed by atoms with Gasteiger partial charge >= 0.3 is 0 Å². The second-order valence-electron chi connectivity index (χ2n) is 4.98. The Bertz CT molecular complexity index is 693. The van der Waals surface area contributed by atoms with Crippen LogP contribution < -0.4 is 4.74 Å². The zero-order valence-corrected chi connectivity index (χ0v) is 13.4. The Morgan fingerprint density at radius 2 is 2.00 bits per heavy atom. The quantitative estimate of drug-likeness (QED) is 0.867. The van der Waals surface area contributed by atoms with E-state index in [2.05, 4.69) is 0 Å². The Hall–Kier alpha value is -1.37. The first-order chi connectivity index (χ1) is 10.1. The van der Waals surface area contributed by atoms with Crippen LogP contribution in [0.4, 0.5) is 0 Å². The Morgan fingerprint density at radius 3 is 2.62 bits per heavy atom. The second kappa shape index (κ2) is 5.79. The summed E-state index contributed by atoms with van der Waals surface area (Å²) in [5, 5.41) is 1.80. The molecule has 1 aromatic carbocycles. The third-order valence-corrected chi connectivity index (χ3v) is 7.04. The zero-order valence-electron chi connectivity index (χ0n) is 11.7. The number of nitrogens with zero attached hydrogens (tertiary/aromatic N) is 1. The van der Waals surface area contributed by atoms with Crippen LogP contribution in [0.1, 0.15) is 24.4 Å². The first-order valence-corrected chi connectivity index (χ1v) is 9.14. The molecule has 1 fully saturated rings. The average molecular weight is 323 g/mol. The molecule has 1 aliphatic rings. The smallest absolute Gasteiger partial charge is 0.253 e. The monoisotopic (exact) mass is 323 g/mol. The molecule has 21 heavy (non-hydrogen) atoms. The van der Waals surface area contributed by atoms with Crippen molar-refractivity contribution in [3.63, 3.8) is 0 Å². The van der Waals surface area contributed by atoms with Crippen molar-refractivity contribution in [1.29, 1.82) is 0 Å². The lowest BCUT2D eigenvalue weighted by atomic mass is 10.1. The van der Waals surface area contributed by atoms with Gasteiger partial charge in [0.25, 0.3) is 10.0 Å². The predicted molar refractivity (Wildman–Crippen MR) is 83.2 cm³/mol. The van der Waals surface area contributed by atoms with E-state index in [4.69, 9.17) is 4.74 Å². The lowest BCUT2D eigenvalue weighted by molar-refractivity contribution is 0.395. The largest absolute Gasteiger partial charge is 0.497 e. The molecule has 1 aliphatic heterocycles. The molecule has 0 saturated carbocycles. The third kappa shape index (κ3) is 2.71. The number of rotatable bonds is 4. The maximum atomic E-state index is 12.7. The summed E-state index contributed by atoms with van der Waals surface area (Å²) in [6, 6.07) is 11.0. The number of ether oxygens (including phenoxy) is 1. The molecule has 0 amide bonds. The first-order valence-electron chi connectivity index (χ1n) is 6.82. The van der Waals surface area contributed by atoms with Crippen LogP contribution in [0.15, 0.2) is 46.0 Å². The maximum absolute atomic E-state index is 12.7. The summed E-state index contributed by atoms with van der Waals surface area (Å²) in [5.74, 6) is 0.782. The fraction of sp³-hybridized carbons (Fsp3) is 0.333. The second-order valence-corrected chi connectivity index (χ2v) is 8.04. The summed E-state index contributed by atoms with van der Waals surface area (Å²) in [5.41, 5.74) is 1.02. The number of methoxy groups -OCH3 is 1. The molecule has 112 valence electrons. The molecule has 3 rings (SSSR count). The molecule has 2 aromatic rings. The topological polar surface area (TPSA) is 46.6 Å². The predicted octanol–water partition coefficient (Wildman–Crippen LogP) is 3.28. The summed E-state index contributed by atoms with van der Waals surface area (Å²) >= 11 is 1.27. The van der Waals surface area contributed by atoms with E-state index in [-0.39, 0.29) is 6.04 Å². The highest BCUT2D eigenvalue weighted by Crippen LogP contribution is 2.37. The van der Waals surface area contributed by atoms with Gasteiger partial charge in [0, 0.05) is 6.54 Å². The van der Waals surface area contributed by atoms with Crippen LogP contribution in [0.2, 0.25) is 0 Å². The molecule has 6 heteroatoms. The van der Waals surface area contributed by atoms with Crippen molar-refractivity contribution in [2.24, 2.45) is 0 Å². The van der Waals surface area contributed by atoms with E-state index in [1.807, 2.05) is 24.3 Å². The highest BCUT2D eigenvalue weighted by atomic mass is 32.2. The summed E-state index contributed by atoms with van der Waals surface area (Å²) < 4.78 is 32.6. The summed E-state index contributed by atoms with van der Waals surface area (Å²) in [6.45, 7) is 0.580. The fourth-order valence-electron chi connectivity index (χ4n) is 2.71. The van der Waals surface area contributed by atoms with E-state index in [0.717, 1.165) is 24.2 Å². The molecule has 1 atom stereocenters. The maximum Gasteiger partial charge on any atom is 0.253 e. The summed E-state index contributed by atoms with van der Waals surface area (Å²) in [7, 11) is -1.76. The van der Waals surface area contributed by atoms with Crippen molar-refractivity contribution in [3.8, 4) is 5.75 Å². The lowest BCUT2D eigenvalue weighted by Crippen LogP contribution is -2.30. The van der Waals surface area contributed by atoms with Crippen LogP contribution in [-0.2, 0) is 10.0 Å². The molecule has 1 aromatic heterocycles. The minimum atomic E-state index is -3.39. The molecule has 0 aliphatic carbocycles. The molecule has 1 saturated heterocycles. The van der Waals surface area contributed by atoms with Crippen molar-refractivity contribution in [3.05, 3.63) is 47.3 Å². The van der Waals surface area contributed by atoms with Gasteiger partial charge in [0.15, 0.2) is 0 Å². The Balaban J connectivity index is 1.92. The number of hydrogen-bond acceptors (Lipinski definition) is 4. The fourth-order valence-corrected chi connectivity index (χ4v) is 5.51. The lowest BCUT2D eigenvalue weighted by Gasteiger charge is -2.23. The number of sulfonamides is 1. The van der Waals surface area contributed by atoms with E-state index in [9.17, 15) is 8.42 Å². The Morgan fingerprint density at radius 1 is 1.24 bits per heavy atom. The van der Waals surface area contributed by atoms with Crippen molar-refractivity contribution >= 4 is 21.4 Å². The van der Waals surface area contributed by atoms with Gasteiger partial charge in [0.1, 0.15) is 9.96 Å². The molecular formula is C15H17NO3S2. The SMILES string of the molecule is COc1ccc([C@H]2CCCN2S(=O)(=O)c2cccs2)cc1. The Labute approximate surface area is 129 Å². The first kappa shape index (κ1) is 14.6. The average Bonchev–Trinajstić information content (AvgIpc) is 3.19. The normalized spacial score (nSPS) is 19.8. The number of thiophene rings is 1. The van der Waals surface area contributed by atoms with Crippen LogP contribution >= 0.6 is 11.3 Å².